The van der Waals surface area contributed by atoms with E-state index in [4.69, 9.17) is 4.74 Å². The highest BCUT2D eigenvalue weighted by Crippen LogP contribution is 2.24. The number of sulfone groups is 1. The van der Waals surface area contributed by atoms with E-state index < -0.39 is 9.84 Å². The molecule has 8 heteroatoms. The molecule has 1 unspecified atom stereocenters. The number of ether oxygens (including phenoxy) is 1. The second-order valence-electron chi connectivity index (χ2n) is 7.64. The van der Waals surface area contributed by atoms with E-state index in [0.29, 0.717) is 19.1 Å². The Labute approximate surface area is 193 Å². The molecule has 6 nitrogen and oxygen atoms in total. The summed E-state index contributed by atoms with van der Waals surface area (Å²) < 4.78 is 28.6. The van der Waals surface area contributed by atoms with Gasteiger partial charge in [0, 0.05) is 25.4 Å². The smallest absolute Gasteiger partial charge is 0.191 e. The highest BCUT2D eigenvalue weighted by atomic mass is 127. The lowest BCUT2D eigenvalue weighted by Gasteiger charge is -2.17. The van der Waals surface area contributed by atoms with Crippen LogP contribution in [0.4, 0.5) is 0 Å². The number of hydrogen-bond acceptors (Lipinski definition) is 4. The van der Waals surface area contributed by atoms with Crippen molar-refractivity contribution in [2.75, 3.05) is 25.1 Å². The van der Waals surface area contributed by atoms with Crippen LogP contribution < -0.4 is 15.4 Å². The first-order valence-corrected chi connectivity index (χ1v) is 12.4. The summed E-state index contributed by atoms with van der Waals surface area (Å²) in [4.78, 5) is 4.61. The van der Waals surface area contributed by atoms with Crippen LogP contribution in [-0.2, 0) is 16.3 Å². The van der Waals surface area contributed by atoms with E-state index in [2.05, 4.69) is 27.8 Å². The van der Waals surface area contributed by atoms with E-state index in [0.717, 1.165) is 24.7 Å². The molecule has 2 N–H and O–H groups in total. The minimum absolute atomic E-state index is 0. The first kappa shape index (κ1) is 26.0. The molecular weight excluding hydrogens is 501 g/mol. The molecule has 1 aliphatic carbocycles. The van der Waals surface area contributed by atoms with Crippen LogP contribution in [0.2, 0.25) is 0 Å². The molecule has 0 heterocycles. The van der Waals surface area contributed by atoms with Crippen LogP contribution in [0.5, 0.6) is 5.75 Å². The van der Waals surface area contributed by atoms with Gasteiger partial charge < -0.3 is 15.4 Å². The molecule has 1 aromatic rings. The number of nitrogens with zero attached hydrogens (tertiary/aromatic N) is 1. The monoisotopic (exact) mass is 537 g/mol. The molecule has 0 saturated heterocycles. The normalized spacial score (nSPS) is 16.2. The number of aliphatic imine (C=N–C) groups is 1. The van der Waals surface area contributed by atoms with E-state index in [-0.39, 0.29) is 35.8 Å². The van der Waals surface area contributed by atoms with E-state index in [1.54, 1.807) is 0 Å². The standard InChI is InChI=1S/C21H35N3O3S.HI/c1-4-22-21(24-17(2)14-16-28(3,25)26)23-15-13-18-9-11-20(12-10-18)27-19-7-5-6-8-19;/h9-12,17,19H,4-8,13-16H2,1-3H3,(H2,22,23,24);1H. The van der Waals surface area contributed by atoms with E-state index in [1.807, 2.05) is 26.0 Å². The first-order valence-electron chi connectivity index (χ1n) is 10.3. The predicted octanol–water partition coefficient (Wildman–Crippen LogP) is 3.55. The van der Waals surface area contributed by atoms with Crippen LogP contribution in [0.1, 0.15) is 51.5 Å². The van der Waals surface area contributed by atoms with Crippen molar-refractivity contribution in [3.05, 3.63) is 29.8 Å². The van der Waals surface area contributed by atoms with Gasteiger partial charge in [-0.2, -0.15) is 0 Å². The van der Waals surface area contributed by atoms with Crippen LogP contribution >= 0.6 is 24.0 Å². The minimum Gasteiger partial charge on any atom is -0.490 e. The second kappa shape index (κ2) is 13.3. The third kappa shape index (κ3) is 11.1. The molecule has 2 rings (SSSR count). The number of rotatable bonds is 10. The van der Waals surface area contributed by atoms with Crippen LogP contribution in [0.25, 0.3) is 0 Å². The summed E-state index contributed by atoms with van der Waals surface area (Å²) in [5.74, 6) is 1.86. The number of nitrogens with one attached hydrogen (secondary N) is 2. The Morgan fingerprint density at radius 2 is 1.90 bits per heavy atom. The van der Waals surface area contributed by atoms with Crippen LogP contribution in [0.15, 0.2) is 29.3 Å². The Bertz CT molecular complexity index is 717. The van der Waals surface area contributed by atoms with Gasteiger partial charge in [0.05, 0.1) is 11.9 Å². The first-order chi connectivity index (χ1) is 13.4. The number of halogens is 1. The van der Waals surface area contributed by atoms with Crippen LogP contribution in [-0.4, -0.2) is 51.6 Å². The average Bonchev–Trinajstić information content (AvgIpc) is 3.14. The lowest BCUT2D eigenvalue weighted by Crippen LogP contribution is -2.43. The van der Waals surface area contributed by atoms with Gasteiger partial charge in [0.15, 0.2) is 5.96 Å². The molecule has 0 bridgehead atoms. The third-order valence-corrected chi connectivity index (χ3v) is 5.82. The Kier molecular flexibility index (Phi) is 11.9. The molecule has 1 aromatic carbocycles. The number of benzene rings is 1. The zero-order chi connectivity index (χ0) is 20.4. The lowest BCUT2D eigenvalue weighted by molar-refractivity contribution is 0.210. The van der Waals surface area contributed by atoms with Gasteiger partial charge in [-0.05, 0) is 70.1 Å². The Morgan fingerprint density at radius 1 is 1.24 bits per heavy atom. The van der Waals surface area contributed by atoms with Crippen molar-refractivity contribution in [1.29, 1.82) is 0 Å². The maximum Gasteiger partial charge on any atom is 0.191 e. The van der Waals surface area contributed by atoms with E-state index in [1.165, 1.54) is 37.5 Å². The summed E-state index contributed by atoms with van der Waals surface area (Å²) in [5, 5.41) is 6.50. The minimum atomic E-state index is -2.94. The van der Waals surface area contributed by atoms with Crippen molar-refractivity contribution in [1.82, 2.24) is 10.6 Å². The van der Waals surface area contributed by atoms with Gasteiger partial charge in [0.2, 0.25) is 0 Å². The van der Waals surface area contributed by atoms with Gasteiger partial charge in [-0.15, -0.1) is 24.0 Å². The predicted molar refractivity (Wildman–Crippen MR) is 131 cm³/mol. The summed E-state index contributed by atoms with van der Waals surface area (Å²) in [6, 6.07) is 8.35. The molecule has 0 spiro atoms. The van der Waals surface area contributed by atoms with Crippen LogP contribution in [0.3, 0.4) is 0 Å². The third-order valence-electron chi connectivity index (χ3n) is 4.85. The maximum atomic E-state index is 11.3. The second-order valence-corrected chi connectivity index (χ2v) is 9.90. The zero-order valence-corrected chi connectivity index (χ0v) is 21.0. The maximum absolute atomic E-state index is 11.3. The fourth-order valence-electron chi connectivity index (χ4n) is 3.25. The van der Waals surface area contributed by atoms with Crippen LogP contribution in [0, 0.1) is 0 Å². The topological polar surface area (TPSA) is 79.8 Å². The molecule has 0 aromatic heterocycles. The molecular formula is C21H36IN3O3S. The summed E-state index contributed by atoms with van der Waals surface area (Å²) in [6.45, 7) is 5.41. The van der Waals surface area contributed by atoms with Crippen molar-refractivity contribution in [3.63, 3.8) is 0 Å². The van der Waals surface area contributed by atoms with Crippen molar-refractivity contribution in [2.45, 2.75) is 64.5 Å². The summed E-state index contributed by atoms with van der Waals surface area (Å²) in [6.07, 6.45) is 7.94. The highest BCUT2D eigenvalue weighted by Gasteiger charge is 2.16. The lowest BCUT2D eigenvalue weighted by atomic mass is 10.1. The van der Waals surface area contributed by atoms with Crippen molar-refractivity contribution in [3.8, 4) is 5.75 Å². The summed E-state index contributed by atoms with van der Waals surface area (Å²) in [5.41, 5.74) is 1.23. The van der Waals surface area contributed by atoms with Gasteiger partial charge in [0.25, 0.3) is 0 Å². The molecule has 0 radical (unpaired) electrons. The average molecular weight is 538 g/mol. The largest absolute Gasteiger partial charge is 0.490 e. The van der Waals surface area contributed by atoms with Gasteiger partial charge in [-0.25, -0.2) is 8.42 Å². The number of hydrogen-bond donors (Lipinski definition) is 2. The fraction of sp³-hybridized carbons (Fsp3) is 0.667. The molecule has 1 atom stereocenters. The molecule has 0 aliphatic heterocycles. The summed E-state index contributed by atoms with van der Waals surface area (Å²) in [7, 11) is -2.94. The van der Waals surface area contributed by atoms with Crippen molar-refractivity contribution >= 4 is 39.8 Å². The highest BCUT2D eigenvalue weighted by molar-refractivity contribution is 14.0. The van der Waals surface area contributed by atoms with E-state index >= 15 is 0 Å². The Morgan fingerprint density at radius 3 is 2.48 bits per heavy atom. The summed E-state index contributed by atoms with van der Waals surface area (Å²) >= 11 is 0. The quantitative estimate of drug-likeness (QED) is 0.271. The van der Waals surface area contributed by atoms with E-state index in [9.17, 15) is 8.42 Å². The molecule has 1 fully saturated rings. The SMILES string of the molecule is CCNC(=NCCc1ccc(OC2CCCC2)cc1)NC(C)CCS(C)(=O)=O.I. The van der Waals surface area contributed by atoms with Crippen molar-refractivity contribution in [2.24, 2.45) is 4.99 Å². The Hall–Kier alpha value is -1.03. The van der Waals surface area contributed by atoms with Crippen molar-refractivity contribution < 1.29 is 13.2 Å². The Balaban J connectivity index is 0.00000420. The van der Waals surface area contributed by atoms with Gasteiger partial charge in [-0.3, -0.25) is 4.99 Å². The molecule has 166 valence electrons. The zero-order valence-electron chi connectivity index (χ0n) is 17.8. The molecule has 1 aliphatic rings. The molecule has 1 saturated carbocycles. The molecule has 0 amide bonds. The molecule has 29 heavy (non-hydrogen) atoms. The van der Waals surface area contributed by atoms with Gasteiger partial charge in [-0.1, -0.05) is 12.1 Å². The van der Waals surface area contributed by atoms with Gasteiger partial charge in [0.1, 0.15) is 15.6 Å². The van der Waals surface area contributed by atoms with Gasteiger partial charge >= 0.3 is 0 Å². The fourth-order valence-corrected chi connectivity index (χ4v) is 4.03. The number of guanidine groups is 1.